The molecule has 152 valence electrons. The van der Waals surface area contributed by atoms with Gasteiger partial charge in [0.15, 0.2) is 0 Å². The second-order valence-electron chi connectivity index (χ2n) is 8.94. The average molecular weight is 384 g/mol. The molecule has 2 aliphatic rings. The molecule has 0 bridgehead atoms. The molecule has 1 aromatic carbocycles. The van der Waals surface area contributed by atoms with Gasteiger partial charge in [-0.3, -0.25) is 0 Å². The van der Waals surface area contributed by atoms with Crippen molar-refractivity contribution in [1.29, 1.82) is 0 Å². The van der Waals surface area contributed by atoms with Crippen molar-refractivity contribution in [3.8, 4) is 5.75 Å². The van der Waals surface area contributed by atoms with Crippen LogP contribution < -0.4 is 10.5 Å². The van der Waals surface area contributed by atoms with Crippen LogP contribution in [0.4, 0.5) is 4.79 Å². The van der Waals surface area contributed by atoms with E-state index in [0.29, 0.717) is 11.8 Å². The Kier molecular flexibility index (Phi) is 5.63. The van der Waals surface area contributed by atoms with Crippen molar-refractivity contribution in [2.45, 2.75) is 64.5 Å². The van der Waals surface area contributed by atoms with Gasteiger partial charge in [-0.05, 0) is 74.6 Å². The third-order valence-corrected chi connectivity index (χ3v) is 7.00. The molecule has 1 aliphatic heterocycles. The van der Waals surface area contributed by atoms with E-state index in [4.69, 9.17) is 10.5 Å². The van der Waals surface area contributed by atoms with Crippen LogP contribution in [0.2, 0.25) is 0 Å². The maximum atomic E-state index is 11.0. The average Bonchev–Trinajstić information content (AvgIpc) is 3.11. The van der Waals surface area contributed by atoms with Crippen molar-refractivity contribution in [2.75, 3.05) is 13.1 Å². The summed E-state index contributed by atoms with van der Waals surface area (Å²) >= 11 is 0. The van der Waals surface area contributed by atoms with Crippen molar-refractivity contribution in [2.24, 2.45) is 17.6 Å². The number of nitrogens with zero attached hydrogens (tertiary/aromatic N) is 2. The number of rotatable bonds is 4. The fourth-order valence-corrected chi connectivity index (χ4v) is 5.30. The molecule has 4 rings (SSSR count). The zero-order chi connectivity index (χ0) is 19.7. The van der Waals surface area contributed by atoms with Crippen LogP contribution in [-0.4, -0.2) is 34.7 Å². The van der Waals surface area contributed by atoms with E-state index in [0.717, 1.165) is 23.3 Å². The van der Waals surface area contributed by atoms with Gasteiger partial charge in [-0.15, -0.1) is 0 Å². The van der Waals surface area contributed by atoms with Gasteiger partial charge in [0.2, 0.25) is 0 Å². The summed E-state index contributed by atoms with van der Waals surface area (Å²) in [4.78, 5) is 13.7. The quantitative estimate of drug-likeness (QED) is 0.812. The third-order valence-electron chi connectivity index (χ3n) is 7.00. The first-order valence-corrected chi connectivity index (χ1v) is 10.8. The topological polar surface area (TPSA) is 60.5 Å². The lowest BCUT2D eigenvalue weighted by molar-refractivity contribution is 0.0894. The summed E-state index contributed by atoms with van der Waals surface area (Å²) in [6, 6.07) is 9.19. The van der Waals surface area contributed by atoms with E-state index >= 15 is 0 Å². The number of piperidine rings is 1. The summed E-state index contributed by atoms with van der Waals surface area (Å²) in [6.07, 6.45) is 9.37. The highest BCUT2D eigenvalue weighted by Crippen LogP contribution is 2.35. The third kappa shape index (κ3) is 4.04. The molecule has 2 N–H and O–H groups in total. The minimum absolute atomic E-state index is 0.504. The van der Waals surface area contributed by atoms with Gasteiger partial charge >= 0.3 is 6.09 Å². The zero-order valence-corrected chi connectivity index (χ0v) is 17.1. The molecule has 1 saturated heterocycles. The number of benzene rings is 1. The number of hydrogen-bond donors (Lipinski definition) is 1. The molecule has 0 unspecified atom stereocenters. The number of nitrogens with two attached hydrogens (primary N) is 1. The van der Waals surface area contributed by atoms with E-state index in [1.54, 1.807) is 0 Å². The number of fused-ring (bicyclic) bond motifs is 1. The molecule has 5 nitrogen and oxygen atoms in total. The Labute approximate surface area is 167 Å². The molecule has 2 aromatic rings. The van der Waals surface area contributed by atoms with E-state index in [2.05, 4.69) is 35.6 Å². The number of carbonyl (C=O) groups excluding carboxylic acids is 1. The largest absolute Gasteiger partial charge is 0.410 e. The predicted molar refractivity (Wildman–Crippen MR) is 113 cm³/mol. The van der Waals surface area contributed by atoms with Gasteiger partial charge < -0.3 is 19.9 Å². The number of carbonyl (C=O) groups is 1. The molecule has 1 saturated carbocycles. The molecule has 1 amide bonds. The molecule has 2 heterocycles. The Morgan fingerprint density at radius 1 is 1.04 bits per heavy atom. The molecule has 0 atom stereocenters. The highest BCUT2D eigenvalue weighted by atomic mass is 16.5. The van der Waals surface area contributed by atoms with Crippen LogP contribution in [0.15, 0.2) is 30.5 Å². The van der Waals surface area contributed by atoms with Crippen LogP contribution in [0.1, 0.15) is 58.4 Å². The van der Waals surface area contributed by atoms with E-state index in [1.807, 2.05) is 18.2 Å². The Bertz CT molecular complexity index is 812. The van der Waals surface area contributed by atoms with Gasteiger partial charge in [0.05, 0.1) is 0 Å². The second-order valence-corrected chi connectivity index (χ2v) is 8.94. The summed E-state index contributed by atoms with van der Waals surface area (Å²) in [6.45, 7) is 7.15. The monoisotopic (exact) mass is 383 g/mol. The summed E-state index contributed by atoms with van der Waals surface area (Å²) in [5.41, 5.74) is 6.32. The maximum Gasteiger partial charge on any atom is 0.409 e. The van der Waals surface area contributed by atoms with Gasteiger partial charge in [0.25, 0.3) is 0 Å². The summed E-state index contributed by atoms with van der Waals surface area (Å²) in [5, 5.41) is 1.09. The van der Waals surface area contributed by atoms with Gasteiger partial charge in [0.1, 0.15) is 5.75 Å². The number of ether oxygens (including phenoxy) is 1. The first-order chi connectivity index (χ1) is 13.5. The van der Waals surface area contributed by atoms with Crippen molar-refractivity contribution < 1.29 is 9.53 Å². The Morgan fingerprint density at radius 2 is 1.75 bits per heavy atom. The highest BCUT2D eigenvalue weighted by molar-refractivity contribution is 5.82. The van der Waals surface area contributed by atoms with E-state index in [-0.39, 0.29) is 0 Å². The van der Waals surface area contributed by atoms with Crippen molar-refractivity contribution in [3.63, 3.8) is 0 Å². The molecule has 1 aliphatic carbocycles. The van der Waals surface area contributed by atoms with Crippen LogP contribution in [0.25, 0.3) is 10.9 Å². The SMILES string of the molecule is CC(C)C1CCC(N2CCC(n3ccc4cc(OC(N)=O)ccc43)CC2)CC1. The standard InChI is InChI=1S/C23H33N3O2/c1-16(2)17-3-5-19(6-4-17)25-12-10-20(11-13-25)26-14-9-18-15-21(28-23(24)27)7-8-22(18)26/h7-9,14-17,19-20H,3-6,10-13H2,1-2H3,(H2,24,27). The van der Waals surface area contributed by atoms with Gasteiger partial charge in [-0.25, -0.2) is 4.79 Å². The molecular weight excluding hydrogens is 350 g/mol. The molecule has 2 fully saturated rings. The molecule has 0 spiro atoms. The van der Waals surface area contributed by atoms with Crippen LogP contribution >= 0.6 is 0 Å². The van der Waals surface area contributed by atoms with Crippen molar-refractivity contribution >= 4 is 17.0 Å². The van der Waals surface area contributed by atoms with Crippen LogP contribution in [0.5, 0.6) is 5.75 Å². The fourth-order valence-electron chi connectivity index (χ4n) is 5.30. The predicted octanol–water partition coefficient (Wildman–Crippen LogP) is 4.95. The zero-order valence-electron chi connectivity index (χ0n) is 17.1. The highest BCUT2D eigenvalue weighted by Gasteiger charge is 2.30. The smallest absolute Gasteiger partial charge is 0.409 e. The number of hydrogen-bond acceptors (Lipinski definition) is 3. The number of amides is 1. The Hall–Kier alpha value is -2.01. The minimum Gasteiger partial charge on any atom is -0.410 e. The second kappa shape index (κ2) is 8.16. The molecule has 0 radical (unpaired) electrons. The minimum atomic E-state index is -0.770. The molecule has 1 aromatic heterocycles. The van der Waals surface area contributed by atoms with E-state index < -0.39 is 6.09 Å². The van der Waals surface area contributed by atoms with Gasteiger partial charge in [-0.2, -0.15) is 0 Å². The number of likely N-dealkylation sites (tertiary alicyclic amines) is 1. The lowest BCUT2D eigenvalue weighted by Gasteiger charge is -2.42. The van der Waals surface area contributed by atoms with Crippen LogP contribution in [0, 0.1) is 11.8 Å². The van der Waals surface area contributed by atoms with Gasteiger partial charge in [-0.1, -0.05) is 13.8 Å². The van der Waals surface area contributed by atoms with E-state index in [1.165, 1.54) is 57.1 Å². The summed E-state index contributed by atoms with van der Waals surface area (Å²) < 4.78 is 7.40. The lowest BCUT2D eigenvalue weighted by Crippen LogP contribution is -2.43. The molecular formula is C23H33N3O2. The van der Waals surface area contributed by atoms with Crippen LogP contribution in [0.3, 0.4) is 0 Å². The molecule has 28 heavy (non-hydrogen) atoms. The Balaban J connectivity index is 1.37. The summed E-state index contributed by atoms with van der Waals surface area (Å²) in [5.74, 6) is 2.27. The number of aromatic nitrogens is 1. The van der Waals surface area contributed by atoms with Crippen LogP contribution in [-0.2, 0) is 0 Å². The Morgan fingerprint density at radius 3 is 2.39 bits per heavy atom. The maximum absolute atomic E-state index is 11.0. The van der Waals surface area contributed by atoms with Crippen molar-refractivity contribution in [3.05, 3.63) is 30.5 Å². The first kappa shape index (κ1) is 19.3. The summed E-state index contributed by atoms with van der Waals surface area (Å²) in [7, 11) is 0. The van der Waals surface area contributed by atoms with E-state index in [9.17, 15) is 4.79 Å². The first-order valence-electron chi connectivity index (χ1n) is 10.8. The lowest BCUT2D eigenvalue weighted by atomic mass is 9.79. The molecule has 5 heteroatoms. The normalized spacial score (nSPS) is 24.7. The fraction of sp³-hybridized carbons (Fsp3) is 0.609. The van der Waals surface area contributed by atoms with Gasteiger partial charge in [0, 0.05) is 42.3 Å². The van der Waals surface area contributed by atoms with Crippen molar-refractivity contribution in [1.82, 2.24) is 9.47 Å². The number of primary amides is 1.